The highest BCUT2D eigenvalue weighted by Crippen LogP contribution is 2.30. The summed E-state index contributed by atoms with van der Waals surface area (Å²) in [6.07, 6.45) is 69.5. The number of hydrogen-bond acceptors (Lipinski definition) is 13. The van der Waals surface area contributed by atoms with Gasteiger partial charge in [0.15, 0.2) is 12.6 Å². The Bertz CT molecular complexity index is 1870. The summed E-state index contributed by atoms with van der Waals surface area (Å²) >= 11 is 0. The van der Waals surface area contributed by atoms with Crippen LogP contribution in [0.25, 0.3) is 0 Å². The molecule has 2 aliphatic rings. The molecule has 534 valence electrons. The van der Waals surface area contributed by atoms with E-state index in [-0.39, 0.29) is 18.9 Å². The summed E-state index contributed by atoms with van der Waals surface area (Å²) in [7, 11) is 0. The van der Waals surface area contributed by atoms with Gasteiger partial charge in [0.05, 0.1) is 32.0 Å². The highest BCUT2D eigenvalue weighted by Gasteiger charge is 2.51. The monoisotopic (exact) mass is 1300 g/mol. The van der Waals surface area contributed by atoms with Crippen molar-refractivity contribution < 1.29 is 64.6 Å². The number of amides is 1. The Balaban J connectivity index is 1.61. The summed E-state index contributed by atoms with van der Waals surface area (Å²) in [6, 6.07) is -0.941. The van der Waals surface area contributed by atoms with Crippen LogP contribution >= 0.6 is 0 Å². The summed E-state index contributed by atoms with van der Waals surface area (Å²) < 4.78 is 22.9. The summed E-state index contributed by atoms with van der Waals surface area (Å²) in [5.41, 5.74) is 0. The van der Waals surface area contributed by atoms with E-state index in [1.165, 1.54) is 205 Å². The molecular formula is C78H139NO13. The lowest BCUT2D eigenvalue weighted by atomic mass is 9.97. The van der Waals surface area contributed by atoms with Gasteiger partial charge in [0.25, 0.3) is 0 Å². The largest absolute Gasteiger partial charge is 0.394 e. The first-order valence-corrected chi connectivity index (χ1v) is 37.8. The van der Waals surface area contributed by atoms with Crippen LogP contribution in [0, 0.1) is 0 Å². The second kappa shape index (κ2) is 61.7. The fourth-order valence-corrected chi connectivity index (χ4v) is 12.1. The van der Waals surface area contributed by atoms with Crippen molar-refractivity contribution in [2.45, 2.75) is 383 Å². The van der Waals surface area contributed by atoms with Crippen LogP contribution in [0.5, 0.6) is 0 Å². The Kier molecular flexibility index (Phi) is 57.2. The molecule has 0 saturated carbocycles. The van der Waals surface area contributed by atoms with Gasteiger partial charge in [0, 0.05) is 6.42 Å². The number of ether oxygens (including phenoxy) is 4. The van der Waals surface area contributed by atoms with Crippen molar-refractivity contribution in [3.05, 3.63) is 85.1 Å². The van der Waals surface area contributed by atoms with E-state index in [0.717, 1.165) is 70.6 Å². The van der Waals surface area contributed by atoms with Crippen molar-refractivity contribution in [3.8, 4) is 0 Å². The molecule has 2 heterocycles. The normalized spacial score (nSPS) is 23.2. The van der Waals surface area contributed by atoms with E-state index in [9.17, 15) is 45.6 Å². The first-order valence-electron chi connectivity index (χ1n) is 37.8. The Morgan fingerprint density at radius 3 is 1.20 bits per heavy atom. The number of carbonyl (C=O) groups is 1. The van der Waals surface area contributed by atoms with E-state index < -0.39 is 86.8 Å². The highest BCUT2D eigenvalue weighted by molar-refractivity contribution is 5.76. The van der Waals surface area contributed by atoms with Crippen molar-refractivity contribution in [2.75, 3.05) is 19.8 Å². The number of allylic oxidation sites excluding steroid dienone is 13. The van der Waals surface area contributed by atoms with Crippen LogP contribution in [0.1, 0.15) is 309 Å². The van der Waals surface area contributed by atoms with Gasteiger partial charge in [0.2, 0.25) is 5.91 Å². The number of unbranched alkanes of at least 4 members (excludes halogenated alkanes) is 37. The van der Waals surface area contributed by atoms with Crippen LogP contribution in [-0.2, 0) is 23.7 Å². The predicted molar refractivity (Wildman–Crippen MR) is 378 cm³/mol. The van der Waals surface area contributed by atoms with E-state index in [4.69, 9.17) is 18.9 Å². The minimum atomic E-state index is -1.79. The van der Waals surface area contributed by atoms with E-state index in [1.54, 1.807) is 6.08 Å². The quantitative estimate of drug-likeness (QED) is 0.0204. The number of aliphatic hydroxyl groups excluding tert-OH is 8. The summed E-state index contributed by atoms with van der Waals surface area (Å²) in [5, 5.41) is 87.5. The van der Waals surface area contributed by atoms with Crippen molar-refractivity contribution in [1.82, 2.24) is 5.32 Å². The zero-order valence-electron chi connectivity index (χ0n) is 58.3. The van der Waals surface area contributed by atoms with Gasteiger partial charge in [-0.05, 0) is 83.5 Å². The van der Waals surface area contributed by atoms with Crippen LogP contribution < -0.4 is 5.32 Å². The molecule has 12 atom stereocenters. The molecule has 9 N–H and O–H groups in total. The number of nitrogens with one attached hydrogen (secondary N) is 1. The van der Waals surface area contributed by atoms with Crippen LogP contribution in [0.15, 0.2) is 85.1 Å². The minimum absolute atomic E-state index is 0.250. The smallest absolute Gasteiger partial charge is 0.220 e. The van der Waals surface area contributed by atoms with Gasteiger partial charge in [-0.2, -0.15) is 0 Å². The van der Waals surface area contributed by atoms with Crippen molar-refractivity contribution in [1.29, 1.82) is 0 Å². The maximum Gasteiger partial charge on any atom is 0.220 e. The fourth-order valence-electron chi connectivity index (χ4n) is 12.1. The molecule has 14 heteroatoms. The number of carbonyl (C=O) groups excluding carboxylic acids is 1. The average Bonchev–Trinajstić information content (AvgIpc) is 0.915. The molecule has 0 aromatic rings. The third-order valence-corrected chi connectivity index (χ3v) is 18.0. The zero-order valence-corrected chi connectivity index (χ0v) is 58.3. The van der Waals surface area contributed by atoms with Crippen LogP contribution in [0.3, 0.4) is 0 Å². The van der Waals surface area contributed by atoms with Gasteiger partial charge in [0.1, 0.15) is 48.8 Å². The molecule has 0 radical (unpaired) electrons. The highest BCUT2D eigenvalue weighted by atomic mass is 16.7. The molecule has 2 saturated heterocycles. The Labute approximate surface area is 561 Å². The lowest BCUT2D eigenvalue weighted by molar-refractivity contribution is -0.359. The second-order valence-corrected chi connectivity index (χ2v) is 26.4. The van der Waals surface area contributed by atoms with Crippen molar-refractivity contribution in [2.24, 2.45) is 0 Å². The van der Waals surface area contributed by atoms with E-state index in [1.807, 2.05) is 6.08 Å². The van der Waals surface area contributed by atoms with Crippen molar-refractivity contribution in [3.63, 3.8) is 0 Å². The third-order valence-electron chi connectivity index (χ3n) is 18.0. The molecule has 2 fully saturated rings. The van der Waals surface area contributed by atoms with Gasteiger partial charge in [-0.25, -0.2) is 0 Å². The van der Waals surface area contributed by atoms with Gasteiger partial charge in [-0.1, -0.05) is 304 Å². The summed E-state index contributed by atoms with van der Waals surface area (Å²) in [6.45, 7) is 2.69. The maximum atomic E-state index is 13.3. The lowest BCUT2D eigenvalue weighted by Crippen LogP contribution is -2.65. The van der Waals surface area contributed by atoms with E-state index in [0.29, 0.717) is 12.8 Å². The van der Waals surface area contributed by atoms with Gasteiger partial charge >= 0.3 is 0 Å². The molecule has 0 spiro atoms. The topological polar surface area (TPSA) is 228 Å². The Morgan fingerprint density at radius 1 is 0.402 bits per heavy atom. The standard InChI is InChI=1S/C78H139NO13/c1-3-5-7-9-11-13-15-17-19-21-23-25-26-27-28-29-30-31-32-33-34-35-36-37-38-39-40-42-44-46-48-50-52-54-56-58-60-62-70(83)79-66(67(82)61-59-57-55-53-51-49-47-45-43-41-24-22-20-18-16-14-12-10-8-6-4-2)65-89-77-75(88)73(86)76(69(64-81)91-77)92-78-74(87)72(85)71(84)68(63-80)90-78/h5,7,11,13,17,19,23,25,43,45,51,53,59,61,66-69,71-78,80-82,84-88H,3-4,6,8-10,12,14-16,18,20-22,24,26-42,44,46-50,52,54-58,60,62-65H2,1-2H3,(H,79,83)/b7-5-,13-11-,19-17-,25-23-,45-43+,53-51+,61-59+. The molecule has 0 aromatic carbocycles. The molecule has 0 aliphatic carbocycles. The molecule has 2 rings (SSSR count). The zero-order chi connectivity index (χ0) is 66.6. The molecule has 14 nitrogen and oxygen atoms in total. The molecule has 2 aliphatic heterocycles. The third kappa shape index (κ3) is 44.8. The Hall–Kier alpha value is -2.83. The first-order chi connectivity index (χ1) is 45.1. The average molecular weight is 1300 g/mol. The summed E-state index contributed by atoms with van der Waals surface area (Å²) in [4.78, 5) is 13.3. The molecule has 92 heavy (non-hydrogen) atoms. The second-order valence-electron chi connectivity index (χ2n) is 26.4. The molecule has 0 aromatic heterocycles. The van der Waals surface area contributed by atoms with E-state index in [2.05, 4.69) is 92.1 Å². The fraction of sp³-hybridized carbons (Fsp3) is 0.808. The van der Waals surface area contributed by atoms with Crippen LogP contribution in [0.4, 0.5) is 0 Å². The van der Waals surface area contributed by atoms with Gasteiger partial charge < -0.3 is 65.1 Å². The van der Waals surface area contributed by atoms with Gasteiger partial charge in [-0.3, -0.25) is 4.79 Å². The predicted octanol–water partition coefficient (Wildman–Crippen LogP) is 16.4. The van der Waals surface area contributed by atoms with E-state index >= 15 is 0 Å². The number of hydrogen-bond donors (Lipinski definition) is 9. The lowest BCUT2D eigenvalue weighted by Gasteiger charge is -2.46. The molecule has 0 bridgehead atoms. The first kappa shape index (κ1) is 85.3. The molecule has 12 unspecified atom stereocenters. The van der Waals surface area contributed by atoms with Crippen LogP contribution in [-0.4, -0.2) is 140 Å². The van der Waals surface area contributed by atoms with Gasteiger partial charge in [-0.15, -0.1) is 0 Å². The SMILES string of the molecule is CC/C=C\C/C=C\C/C=C\C/C=C\CCCCCCCCCCCCCCCCCCCCCCCCCCC(=O)NC(COC1OC(CO)C(OC2OC(CO)C(O)C(O)C2O)C(O)C1O)C(O)/C=C/CC/C=C/CC/C=C/CCCCCCCCCCCCC. The molecular weight excluding hydrogens is 1160 g/mol. The number of rotatable bonds is 62. The summed E-state index contributed by atoms with van der Waals surface area (Å²) in [5.74, 6) is -0.250. The maximum absolute atomic E-state index is 13.3. The Morgan fingerprint density at radius 2 is 0.761 bits per heavy atom. The van der Waals surface area contributed by atoms with Crippen LogP contribution in [0.2, 0.25) is 0 Å². The number of aliphatic hydroxyl groups is 8. The van der Waals surface area contributed by atoms with Crippen molar-refractivity contribution >= 4 is 5.91 Å². The minimum Gasteiger partial charge on any atom is -0.394 e. The molecule has 1 amide bonds.